The largest absolute Gasteiger partial charge is 0.293 e. The predicted octanol–water partition coefficient (Wildman–Crippen LogP) is 2.11. The van der Waals surface area contributed by atoms with Gasteiger partial charge >= 0.3 is 0 Å². The normalized spacial score (nSPS) is 22.7. The van der Waals surface area contributed by atoms with Crippen LogP contribution >= 0.6 is 0 Å². The van der Waals surface area contributed by atoms with Crippen LogP contribution in [-0.4, -0.2) is 25.2 Å². The van der Waals surface area contributed by atoms with Crippen molar-refractivity contribution < 1.29 is 22.0 Å². The predicted molar refractivity (Wildman–Crippen MR) is 62.1 cm³/mol. The van der Waals surface area contributed by atoms with E-state index in [0.717, 1.165) is 18.2 Å². The van der Waals surface area contributed by atoms with Crippen molar-refractivity contribution in [3.05, 3.63) is 35.4 Å². The summed E-state index contributed by atoms with van der Waals surface area (Å²) in [6, 6.07) is 2.47. The van der Waals surface area contributed by atoms with Gasteiger partial charge in [0.1, 0.15) is 16.9 Å². The van der Waals surface area contributed by atoms with Crippen molar-refractivity contribution >= 4 is 15.6 Å². The van der Waals surface area contributed by atoms with Gasteiger partial charge in [-0.25, -0.2) is 17.2 Å². The molecule has 1 unspecified atom stereocenters. The number of hydrogen-bond acceptors (Lipinski definition) is 3. The maximum atomic E-state index is 13.4. The third-order valence-electron chi connectivity index (χ3n) is 3.06. The van der Waals surface area contributed by atoms with Crippen LogP contribution in [0.2, 0.25) is 0 Å². The van der Waals surface area contributed by atoms with E-state index in [1.54, 1.807) is 0 Å². The molecular weight excluding hydrogens is 262 g/mol. The van der Waals surface area contributed by atoms with Gasteiger partial charge in [-0.05, 0) is 31.0 Å². The quantitative estimate of drug-likeness (QED) is 0.776. The number of sulfone groups is 1. The van der Waals surface area contributed by atoms with Gasteiger partial charge in [0.25, 0.3) is 0 Å². The van der Waals surface area contributed by atoms with Crippen molar-refractivity contribution in [2.24, 2.45) is 0 Å². The summed E-state index contributed by atoms with van der Waals surface area (Å²) in [5.41, 5.74) is -0.481. The van der Waals surface area contributed by atoms with Crippen LogP contribution in [0.15, 0.2) is 18.2 Å². The molecule has 1 heterocycles. The molecule has 0 amide bonds. The number of carbonyl (C=O) groups is 1. The van der Waals surface area contributed by atoms with Gasteiger partial charge in [-0.3, -0.25) is 4.79 Å². The van der Waals surface area contributed by atoms with Crippen LogP contribution in [0.3, 0.4) is 0 Å². The summed E-state index contributed by atoms with van der Waals surface area (Å²) in [7, 11) is -3.54. The van der Waals surface area contributed by atoms with Crippen molar-refractivity contribution in [1.82, 2.24) is 0 Å². The summed E-state index contributed by atoms with van der Waals surface area (Å²) < 4.78 is 50.0. The first-order valence-corrected chi connectivity index (χ1v) is 7.34. The van der Waals surface area contributed by atoms with Crippen LogP contribution in [-0.2, 0) is 9.84 Å². The van der Waals surface area contributed by atoms with Crippen molar-refractivity contribution in [3.8, 4) is 0 Å². The molecule has 6 heteroatoms. The minimum atomic E-state index is -3.54. The van der Waals surface area contributed by atoms with E-state index in [2.05, 4.69) is 0 Å². The average Bonchev–Trinajstić information content (AvgIpc) is 2.31. The first-order valence-electron chi connectivity index (χ1n) is 5.62. The first-order chi connectivity index (χ1) is 8.42. The molecule has 1 aliphatic heterocycles. The molecule has 0 saturated carbocycles. The van der Waals surface area contributed by atoms with Crippen LogP contribution in [0, 0.1) is 11.6 Å². The fourth-order valence-corrected chi connectivity index (χ4v) is 3.98. The monoisotopic (exact) mass is 274 g/mol. The first kappa shape index (κ1) is 13.1. The zero-order valence-electron chi connectivity index (χ0n) is 9.53. The van der Waals surface area contributed by atoms with Crippen molar-refractivity contribution in [3.63, 3.8) is 0 Å². The molecule has 0 N–H and O–H groups in total. The van der Waals surface area contributed by atoms with E-state index < -0.39 is 38.1 Å². The third-order valence-corrected chi connectivity index (χ3v) is 5.24. The number of hydrogen-bond donors (Lipinski definition) is 0. The van der Waals surface area contributed by atoms with E-state index in [1.807, 2.05) is 0 Å². The summed E-state index contributed by atoms with van der Waals surface area (Å²) in [5, 5.41) is -1.23. The summed E-state index contributed by atoms with van der Waals surface area (Å²) in [4.78, 5) is 12.0. The molecule has 1 aromatic carbocycles. The van der Waals surface area contributed by atoms with Gasteiger partial charge < -0.3 is 0 Å². The Kier molecular flexibility index (Phi) is 3.47. The summed E-state index contributed by atoms with van der Waals surface area (Å²) in [6.07, 6.45) is 1.29. The molecule has 1 aliphatic rings. The van der Waals surface area contributed by atoms with E-state index >= 15 is 0 Å². The van der Waals surface area contributed by atoms with E-state index in [1.165, 1.54) is 0 Å². The molecule has 98 valence electrons. The van der Waals surface area contributed by atoms with Crippen LogP contribution in [0.5, 0.6) is 0 Å². The van der Waals surface area contributed by atoms with Gasteiger partial charge in [-0.15, -0.1) is 0 Å². The topological polar surface area (TPSA) is 51.2 Å². The molecule has 0 aliphatic carbocycles. The summed E-state index contributed by atoms with van der Waals surface area (Å²) >= 11 is 0. The van der Waals surface area contributed by atoms with Gasteiger partial charge in [-0.1, -0.05) is 6.42 Å². The van der Waals surface area contributed by atoms with E-state index in [4.69, 9.17) is 0 Å². The molecule has 1 atom stereocenters. The molecule has 0 spiro atoms. The second-order valence-corrected chi connectivity index (χ2v) is 6.64. The van der Waals surface area contributed by atoms with Crippen molar-refractivity contribution in [2.75, 3.05) is 5.75 Å². The molecular formula is C12H12F2O3S. The Labute approximate surface area is 104 Å². The van der Waals surface area contributed by atoms with Gasteiger partial charge in [0.15, 0.2) is 15.6 Å². The Bertz CT molecular complexity index is 581. The highest BCUT2D eigenvalue weighted by Gasteiger charge is 2.36. The zero-order valence-corrected chi connectivity index (χ0v) is 10.3. The third kappa shape index (κ3) is 2.43. The number of Topliss-reactive ketones (excluding diaryl/α,β-unsaturated/α-hetero) is 1. The number of halogens is 2. The molecule has 0 radical (unpaired) electrons. The number of carbonyl (C=O) groups excluding carboxylic acids is 1. The van der Waals surface area contributed by atoms with Gasteiger partial charge in [-0.2, -0.15) is 0 Å². The number of benzene rings is 1. The van der Waals surface area contributed by atoms with E-state index in [9.17, 15) is 22.0 Å². The van der Waals surface area contributed by atoms with E-state index in [0.29, 0.717) is 12.8 Å². The number of rotatable bonds is 2. The second kappa shape index (κ2) is 4.76. The maximum absolute atomic E-state index is 13.4. The molecule has 0 aromatic heterocycles. The second-order valence-electron chi connectivity index (χ2n) is 4.34. The zero-order chi connectivity index (χ0) is 13.3. The highest BCUT2D eigenvalue weighted by Crippen LogP contribution is 2.24. The Morgan fingerprint density at radius 2 is 1.94 bits per heavy atom. The van der Waals surface area contributed by atoms with Crippen LogP contribution in [0.25, 0.3) is 0 Å². The molecule has 18 heavy (non-hydrogen) atoms. The Morgan fingerprint density at radius 3 is 2.61 bits per heavy atom. The minimum absolute atomic E-state index is 0.0691. The van der Waals surface area contributed by atoms with Gasteiger partial charge in [0, 0.05) is 0 Å². The van der Waals surface area contributed by atoms with Crippen LogP contribution < -0.4 is 0 Å². The summed E-state index contributed by atoms with van der Waals surface area (Å²) in [6.45, 7) is 0. The van der Waals surface area contributed by atoms with E-state index in [-0.39, 0.29) is 12.2 Å². The van der Waals surface area contributed by atoms with Gasteiger partial charge in [0.05, 0.1) is 11.3 Å². The standard InChI is InChI=1S/C12H12F2O3S/c13-8-4-5-10(14)9(7-8)12(15)11-3-1-2-6-18(11,16)17/h4-5,7,11H,1-3,6H2. The fourth-order valence-electron chi connectivity index (χ4n) is 2.11. The summed E-state index contributed by atoms with van der Waals surface area (Å²) in [5.74, 6) is -2.55. The highest BCUT2D eigenvalue weighted by atomic mass is 32.2. The molecule has 3 nitrogen and oxygen atoms in total. The van der Waals surface area contributed by atoms with Gasteiger partial charge in [0.2, 0.25) is 0 Å². The molecule has 0 bridgehead atoms. The lowest BCUT2D eigenvalue weighted by Gasteiger charge is -2.21. The molecule has 2 rings (SSSR count). The average molecular weight is 274 g/mol. The molecule has 1 aromatic rings. The SMILES string of the molecule is O=C(c1cc(F)ccc1F)C1CCCCS1(=O)=O. The lowest BCUT2D eigenvalue weighted by atomic mass is 10.0. The Balaban J connectivity index is 2.39. The lowest BCUT2D eigenvalue weighted by Crippen LogP contribution is -2.35. The van der Waals surface area contributed by atoms with Crippen molar-refractivity contribution in [1.29, 1.82) is 0 Å². The van der Waals surface area contributed by atoms with Crippen LogP contribution in [0.4, 0.5) is 8.78 Å². The van der Waals surface area contributed by atoms with Crippen LogP contribution in [0.1, 0.15) is 29.6 Å². The fraction of sp³-hybridized carbons (Fsp3) is 0.417. The smallest absolute Gasteiger partial charge is 0.183 e. The molecule has 1 fully saturated rings. The highest BCUT2D eigenvalue weighted by molar-refractivity contribution is 7.92. The Hall–Kier alpha value is -1.30. The minimum Gasteiger partial charge on any atom is -0.293 e. The maximum Gasteiger partial charge on any atom is 0.183 e. The lowest BCUT2D eigenvalue weighted by molar-refractivity contribution is 0.0977. The Morgan fingerprint density at radius 1 is 1.22 bits per heavy atom. The van der Waals surface area contributed by atoms with Crippen molar-refractivity contribution in [2.45, 2.75) is 24.5 Å². The molecule has 1 saturated heterocycles. The number of ketones is 1.